The lowest BCUT2D eigenvalue weighted by Crippen LogP contribution is -2.46. The van der Waals surface area contributed by atoms with Gasteiger partial charge in [-0.25, -0.2) is 8.78 Å². The van der Waals surface area contributed by atoms with E-state index in [4.69, 9.17) is 11.2 Å². The molecule has 25 heavy (non-hydrogen) atoms. The fourth-order valence-corrected chi connectivity index (χ4v) is 3.04. The summed E-state index contributed by atoms with van der Waals surface area (Å²) < 4.78 is 33.6. The van der Waals surface area contributed by atoms with E-state index in [9.17, 15) is 13.6 Å². The fourth-order valence-electron chi connectivity index (χ4n) is 2.69. The number of thiazole rings is 1. The highest BCUT2D eigenvalue weighted by Crippen LogP contribution is 2.30. The molecule has 3 rings (SSSR count). The zero-order chi connectivity index (χ0) is 18.4. The van der Waals surface area contributed by atoms with Crippen LogP contribution in [0.4, 0.5) is 14.5 Å². The van der Waals surface area contributed by atoms with E-state index in [2.05, 4.69) is 4.98 Å². The molecule has 0 unspecified atom stereocenters. The SMILES string of the molecule is C#Cc1cc(C=O)c(N2C[C@@H](C)O[C@@H](C)C2)c(F)c1F.c1cscn1. The normalized spacial score (nSPS) is 19.6. The number of benzene rings is 1. The van der Waals surface area contributed by atoms with Crippen molar-refractivity contribution >= 4 is 23.3 Å². The van der Waals surface area contributed by atoms with Gasteiger partial charge in [0.2, 0.25) is 0 Å². The van der Waals surface area contributed by atoms with Crippen LogP contribution >= 0.6 is 11.3 Å². The Hall–Kier alpha value is -2.30. The summed E-state index contributed by atoms with van der Waals surface area (Å²) in [5.74, 6) is -0.136. The van der Waals surface area contributed by atoms with Gasteiger partial charge in [-0.2, -0.15) is 0 Å². The lowest BCUT2D eigenvalue weighted by molar-refractivity contribution is -0.00547. The number of carbonyl (C=O) groups excluding carboxylic acids is 1. The number of carbonyl (C=O) groups is 1. The van der Waals surface area contributed by atoms with Crippen LogP contribution in [0.15, 0.2) is 23.2 Å². The third-order valence-corrected chi connectivity index (χ3v) is 4.10. The Labute approximate surface area is 149 Å². The van der Waals surface area contributed by atoms with Crippen molar-refractivity contribution in [3.8, 4) is 12.3 Å². The molecule has 1 aliphatic heterocycles. The lowest BCUT2D eigenvalue weighted by Gasteiger charge is -2.37. The second kappa shape index (κ2) is 8.70. The van der Waals surface area contributed by atoms with Gasteiger partial charge >= 0.3 is 0 Å². The molecule has 132 valence electrons. The molecule has 1 fully saturated rings. The van der Waals surface area contributed by atoms with Crippen molar-refractivity contribution in [3.05, 3.63) is 45.9 Å². The van der Waals surface area contributed by atoms with Crippen molar-refractivity contribution in [1.82, 2.24) is 4.98 Å². The number of aldehydes is 1. The zero-order valence-electron chi connectivity index (χ0n) is 13.9. The highest BCUT2D eigenvalue weighted by molar-refractivity contribution is 7.07. The van der Waals surface area contributed by atoms with E-state index in [-0.39, 0.29) is 29.0 Å². The molecule has 2 atom stereocenters. The summed E-state index contributed by atoms with van der Waals surface area (Å²) in [7, 11) is 0. The largest absolute Gasteiger partial charge is 0.372 e. The Morgan fingerprint density at radius 1 is 1.36 bits per heavy atom. The molecule has 2 aromatic rings. The van der Waals surface area contributed by atoms with Gasteiger partial charge in [-0.05, 0) is 19.9 Å². The van der Waals surface area contributed by atoms with Gasteiger partial charge in [-0.15, -0.1) is 17.8 Å². The fraction of sp³-hybridized carbons (Fsp3) is 0.333. The van der Waals surface area contributed by atoms with Crippen LogP contribution in [0, 0.1) is 24.0 Å². The molecule has 2 heterocycles. The number of terminal acetylenes is 1. The van der Waals surface area contributed by atoms with Crippen molar-refractivity contribution in [1.29, 1.82) is 0 Å². The number of halogens is 2. The summed E-state index contributed by atoms with van der Waals surface area (Å²) >= 11 is 1.60. The highest BCUT2D eigenvalue weighted by Gasteiger charge is 2.28. The summed E-state index contributed by atoms with van der Waals surface area (Å²) in [6, 6.07) is 1.20. The maximum Gasteiger partial charge on any atom is 0.184 e. The Morgan fingerprint density at radius 3 is 2.48 bits per heavy atom. The van der Waals surface area contributed by atoms with E-state index >= 15 is 0 Å². The smallest absolute Gasteiger partial charge is 0.184 e. The molecule has 0 aliphatic carbocycles. The summed E-state index contributed by atoms with van der Waals surface area (Å²) in [5, 5.41) is 1.93. The third kappa shape index (κ3) is 4.62. The van der Waals surface area contributed by atoms with Gasteiger partial charge in [0.15, 0.2) is 17.9 Å². The van der Waals surface area contributed by atoms with Gasteiger partial charge in [-0.3, -0.25) is 9.78 Å². The molecular weight excluding hydrogens is 346 g/mol. The van der Waals surface area contributed by atoms with E-state index in [0.717, 1.165) is 0 Å². The second-order valence-electron chi connectivity index (χ2n) is 5.59. The number of ether oxygens (including phenoxy) is 1. The third-order valence-electron chi connectivity index (χ3n) is 3.58. The minimum atomic E-state index is -1.10. The quantitative estimate of drug-likeness (QED) is 0.604. The number of anilines is 1. The number of morpholine rings is 1. The maximum absolute atomic E-state index is 14.2. The topological polar surface area (TPSA) is 42.4 Å². The van der Waals surface area contributed by atoms with Crippen molar-refractivity contribution < 1.29 is 18.3 Å². The van der Waals surface area contributed by atoms with Crippen molar-refractivity contribution in [2.75, 3.05) is 18.0 Å². The van der Waals surface area contributed by atoms with Crippen molar-refractivity contribution in [3.63, 3.8) is 0 Å². The van der Waals surface area contributed by atoms with E-state index < -0.39 is 11.6 Å². The van der Waals surface area contributed by atoms with Crippen LogP contribution in [0.5, 0.6) is 0 Å². The van der Waals surface area contributed by atoms with Gasteiger partial charge in [0.25, 0.3) is 0 Å². The number of hydrogen-bond acceptors (Lipinski definition) is 5. The van der Waals surface area contributed by atoms with Crippen LogP contribution in [-0.4, -0.2) is 36.6 Å². The second-order valence-corrected chi connectivity index (χ2v) is 6.35. The molecule has 7 heteroatoms. The van der Waals surface area contributed by atoms with Crippen LogP contribution in [0.1, 0.15) is 29.8 Å². The van der Waals surface area contributed by atoms with Crippen LogP contribution in [0.25, 0.3) is 0 Å². The molecule has 0 N–H and O–H groups in total. The van der Waals surface area contributed by atoms with Gasteiger partial charge < -0.3 is 9.64 Å². The molecule has 1 aliphatic rings. The number of hydrogen-bond donors (Lipinski definition) is 0. The summed E-state index contributed by atoms with van der Waals surface area (Å²) in [6.07, 6.45) is 7.10. The van der Waals surface area contributed by atoms with Gasteiger partial charge in [0.05, 0.1) is 29.0 Å². The Balaban J connectivity index is 0.000000386. The summed E-state index contributed by atoms with van der Waals surface area (Å²) in [5.41, 5.74) is 1.55. The molecule has 1 aromatic carbocycles. The van der Waals surface area contributed by atoms with Crippen molar-refractivity contribution in [2.45, 2.75) is 26.1 Å². The first kappa shape index (κ1) is 19.0. The van der Waals surface area contributed by atoms with E-state index in [1.807, 2.05) is 25.1 Å². The first-order valence-electron chi connectivity index (χ1n) is 7.64. The zero-order valence-corrected chi connectivity index (χ0v) is 14.7. The van der Waals surface area contributed by atoms with E-state index in [1.165, 1.54) is 6.07 Å². The Bertz CT molecular complexity index is 732. The molecule has 0 spiro atoms. The molecule has 1 aromatic heterocycles. The van der Waals surface area contributed by atoms with E-state index in [1.54, 1.807) is 27.9 Å². The molecule has 4 nitrogen and oxygen atoms in total. The van der Waals surface area contributed by atoms with Crippen LogP contribution < -0.4 is 4.90 Å². The molecule has 0 amide bonds. The minimum absolute atomic E-state index is 0.0431. The molecular formula is C18H18F2N2O2S. The monoisotopic (exact) mass is 364 g/mol. The predicted octanol–water partition coefficient (Wildman–Crippen LogP) is 3.52. The van der Waals surface area contributed by atoms with Crippen molar-refractivity contribution in [2.24, 2.45) is 0 Å². The molecule has 0 bridgehead atoms. The summed E-state index contributed by atoms with van der Waals surface area (Å²) in [4.78, 5) is 16.5. The van der Waals surface area contributed by atoms with Gasteiger partial charge in [0.1, 0.15) is 0 Å². The maximum atomic E-state index is 14.2. The first-order valence-corrected chi connectivity index (χ1v) is 8.58. The number of rotatable bonds is 2. The van der Waals surface area contributed by atoms with Crippen LogP contribution in [-0.2, 0) is 4.74 Å². The van der Waals surface area contributed by atoms with Gasteiger partial charge in [-0.1, -0.05) is 5.92 Å². The van der Waals surface area contributed by atoms with Crippen LogP contribution in [0.2, 0.25) is 0 Å². The highest BCUT2D eigenvalue weighted by atomic mass is 32.1. The average molecular weight is 364 g/mol. The number of nitrogens with zero attached hydrogens (tertiary/aromatic N) is 2. The standard InChI is InChI=1S/C15H15F2NO2.C3H3NS/c1-4-11-5-12(8-19)15(14(17)13(11)16)18-6-9(2)20-10(3)7-18;1-2-5-3-4-1/h1,5,8-10H,6-7H2,2-3H3;1-3H/t9-,10+;. The van der Waals surface area contributed by atoms with Gasteiger partial charge in [0, 0.05) is 30.2 Å². The predicted molar refractivity (Wildman–Crippen MR) is 94.0 cm³/mol. The molecule has 1 saturated heterocycles. The minimum Gasteiger partial charge on any atom is -0.372 e. The Kier molecular flexibility index (Phi) is 6.62. The summed E-state index contributed by atoms with van der Waals surface area (Å²) in [6.45, 7) is 4.45. The average Bonchev–Trinajstić information content (AvgIpc) is 3.16. The number of aromatic nitrogens is 1. The van der Waals surface area contributed by atoms with E-state index in [0.29, 0.717) is 19.4 Å². The molecule has 0 saturated carbocycles. The molecule has 0 radical (unpaired) electrons. The van der Waals surface area contributed by atoms with Crippen LogP contribution in [0.3, 0.4) is 0 Å². The first-order chi connectivity index (χ1) is 12.0. The lowest BCUT2D eigenvalue weighted by atomic mass is 10.1. The Morgan fingerprint density at radius 2 is 2.04 bits per heavy atom.